The van der Waals surface area contributed by atoms with E-state index in [4.69, 9.17) is 26.1 Å². The largest absolute Gasteiger partial charge is 0.497 e. The molecule has 0 unspecified atom stereocenters. The fourth-order valence-electron chi connectivity index (χ4n) is 1.45. The summed E-state index contributed by atoms with van der Waals surface area (Å²) in [6, 6.07) is 7.47. The first-order chi connectivity index (χ1) is 8.78. The molecule has 0 bridgehead atoms. The second-order valence-corrected chi connectivity index (χ2v) is 4.01. The van der Waals surface area contributed by atoms with E-state index in [9.17, 15) is 0 Å². The quantitative estimate of drug-likeness (QED) is 0.643. The fourth-order valence-corrected chi connectivity index (χ4v) is 1.59. The van der Waals surface area contributed by atoms with Crippen LogP contribution in [0.5, 0.6) is 11.5 Å². The molecule has 0 aliphatic heterocycles. The third kappa shape index (κ3) is 3.59. The molecule has 0 aliphatic rings. The molecule has 1 heterocycles. The number of hydrogen-bond donors (Lipinski definition) is 1. The summed E-state index contributed by atoms with van der Waals surface area (Å²) in [4.78, 5) is 0.307. The second-order valence-electron chi connectivity index (χ2n) is 3.63. The van der Waals surface area contributed by atoms with Gasteiger partial charge in [0.15, 0.2) is 0 Å². The summed E-state index contributed by atoms with van der Waals surface area (Å²) in [6.45, 7) is 0.599. The van der Waals surface area contributed by atoms with Gasteiger partial charge in [-0.1, -0.05) is 0 Å². The van der Waals surface area contributed by atoms with Gasteiger partial charge < -0.3 is 13.9 Å². The summed E-state index contributed by atoms with van der Waals surface area (Å²) >= 11 is 4.78. The van der Waals surface area contributed by atoms with Crippen LogP contribution in [-0.4, -0.2) is 23.9 Å². The summed E-state index contributed by atoms with van der Waals surface area (Å²) < 4.78 is 15.8. The first kappa shape index (κ1) is 12.6. The monoisotopic (exact) mass is 266 g/mol. The number of nitrogens with zero attached hydrogens (tertiary/aromatic N) is 1. The molecular weight excluding hydrogens is 252 g/mol. The number of aromatic amines is 1. The van der Waals surface area contributed by atoms with Crippen molar-refractivity contribution in [3.8, 4) is 11.5 Å². The zero-order valence-electron chi connectivity index (χ0n) is 10.0. The molecule has 2 aromatic rings. The van der Waals surface area contributed by atoms with Crippen molar-refractivity contribution < 1.29 is 13.9 Å². The lowest BCUT2D eigenvalue weighted by Crippen LogP contribution is -1.99. The van der Waals surface area contributed by atoms with Crippen molar-refractivity contribution in [2.24, 2.45) is 0 Å². The van der Waals surface area contributed by atoms with E-state index in [0.717, 1.165) is 17.9 Å². The van der Waals surface area contributed by atoms with Crippen molar-refractivity contribution in [3.05, 3.63) is 35.0 Å². The molecule has 0 amide bonds. The average Bonchev–Trinajstić information content (AvgIpc) is 2.81. The number of nitrogens with one attached hydrogen (secondary N) is 1. The van der Waals surface area contributed by atoms with Crippen LogP contribution in [0.25, 0.3) is 0 Å². The summed E-state index contributed by atoms with van der Waals surface area (Å²) in [5.74, 6) is 2.24. The van der Waals surface area contributed by atoms with Crippen LogP contribution in [-0.2, 0) is 6.42 Å². The number of methoxy groups -OCH3 is 1. The highest BCUT2D eigenvalue weighted by molar-refractivity contribution is 7.71. The highest BCUT2D eigenvalue weighted by Crippen LogP contribution is 2.17. The number of benzene rings is 1. The molecule has 0 saturated heterocycles. The normalized spacial score (nSPS) is 10.3. The Balaban J connectivity index is 1.73. The number of rotatable bonds is 6. The third-order valence-corrected chi connectivity index (χ3v) is 2.52. The van der Waals surface area contributed by atoms with Crippen LogP contribution in [0.4, 0.5) is 0 Å². The Hall–Kier alpha value is -1.82. The lowest BCUT2D eigenvalue weighted by Gasteiger charge is -2.05. The number of H-pyrrole nitrogens is 1. The van der Waals surface area contributed by atoms with Gasteiger partial charge in [-0.05, 0) is 42.9 Å². The maximum absolute atomic E-state index is 5.57. The van der Waals surface area contributed by atoms with E-state index in [0.29, 0.717) is 23.8 Å². The Morgan fingerprint density at radius 3 is 2.61 bits per heavy atom. The molecule has 0 fully saturated rings. The Bertz CT molecular complexity index is 533. The van der Waals surface area contributed by atoms with Crippen molar-refractivity contribution in [2.75, 3.05) is 13.7 Å². The second kappa shape index (κ2) is 6.20. The standard InChI is InChI=1S/C12H14N2O3S/c1-15-9-4-6-10(7-5-9)16-8-2-3-11-13-14-12(18)17-11/h4-7H,2-3,8H2,1H3,(H,14,18). The van der Waals surface area contributed by atoms with Gasteiger partial charge in [0.05, 0.1) is 13.7 Å². The number of aryl methyl sites for hydroxylation is 1. The number of ether oxygens (including phenoxy) is 2. The van der Waals surface area contributed by atoms with Crippen LogP contribution in [0.3, 0.4) is 0 Å². The molecule has 2 rings (SSSR count). The molecule has 0 radical (unpaired) electrons. The molecule has 0 atom stereocenters. The minimum Gasteiger partial charge on any atom is -0.497 e. The maximum Gasteiger partial charge on any atom is 0.284 e. The van der Waals surface area contributed by atoms with Crippen molar-refractivity contribution >= 4 is 12.2 Å². The zero-order valence-corrected chi connectivity index (χ0v) is 10.8. The molecule has 1 aromatic heterocycles. The summed E-state index contributed by atoms with van der Waals surface area (Å²) in [5, 5.41) is 6.50. The minimum absolute atomic E-state index is 0.307. The predicted molar refractivity (Wildman–Crippen MR) is 68.5 cm³/mol. The summed E-state index contributed by atoms with van der Waals surface area (Å²) in [5.41, 5.74) is 0. The van der Waals surface area contributed by atoms with E-state index in [1.165, 1.54) is 0 Å². The van der Waals surface area contributed by atoms with E-state index in [2.05, 4.69) is 10.2 Å². The SMILES string of the molecule is COc1ccc(OCCCc2n[nH]c(=S)o2)cc1. The van der Waals surface area contributed by atoms with Gasteiger partial charge in [0.25, 0.3) is 4.84 Å². The molecule has 1 N–H and O–H groups in total. The van der Waals surface area contributed by atoms with E-state index in [1.54, 1.807) is 7.11 Å². The fraction of sp³-hybridized carbons (Fsp3) is 0.333. The first-order valence-electron chi connectivity index (χ1n) is 5.59. The van der Waals surface area contributed by atoms with Gasteiger partial charge >= 0.3 is 0 Å². The van der Waals surface area contributed by atoms with Gasteiger partial charge in [0.2, 0.25) is 5.89 Å². The van der Waals surface area contributed by atoms with Crippen LogP contribution >= 0.6 is 12.2 Å². The lowest BCUT2D eigenvalue weighted by atomic mass is 10.3. The van der Waals surface area contributed by atoms with Crippen molar-refractivity contribution in [2.45, 2.75) is 12.8 Å². The van der Waals surface area contributed by atoms with Crippen LogP contribution < -0.4 is 9.47 Å². The van der Waals surface area contributed by atoms with Crippen molar-refractivity contribution in [3.63, 3.8) is 0 Å². The highest BCUT2D eigenvalue weighted by Gasteiger charge is 2.00. The summed E-state index contributed by atoms with van der Waals surface area (Å²) in [6.07, 6.45) is 1.51. The molecule has 0 spiro atoms. The van der Waals surface area contributed by atoms with Crippen LogP contribution in [0.2, 0.25) is 0 Å². The summed E-state index contributed by atoms with van der Waals surface area (Å²) in [7, 11) is 1.64. The third-order valence-electron chi connectivity index (χ3n) is 2.35. The molecule has 96 valence electrons. The Morgan fingerprint density at radius 1 is 1.28 bits per heavy atom. The van der Waals surface area contributed by atoms with Crippen LogP contribution in [0.1, 0.15) is 12.3 Å². The molecule has 5 nitrogen and oxygen atoms in total. The van der Waals surface area contributed by atoms with E-state index < -0.39 is 0 Å². The van der Waals surface area contributed by atoms with E-state index >= 15 is 0 Å². The predicted octanol–water partition coefficient (Wildman–Crippen LogP) is 2.75. The van der Waals surface area contributed by atoms with Gasteiger partial charge in [-0.25, -0.2) is 5.10 Å². The first-order valence-corrected chi connectivity index (χ1v) is 6.00. The molecule has 1 aromatic carbocycles. The van der Waals surface area contributed by atoms with Gasteiger partial charge in [-0.2, -0.15) is 0 Å². The maximum atomic E-state index is 5.57. The lowest BCUT2D eigenvalue weighted by molar-refractivity contribution is 0.304. The molecule has 6 heteroatoms. The van der Waals surface area contributed by atoms with Gasteiger partial charge in [-0.3, -0.25) is 0 Å². The topological polar surface area (TPSA) is 60.3 Å². The highest BCUT2D eigenvalue weighted by atomic mass is 32.1. The molecule has 0 saturated carbocycles. The molecule has 18 heavy (non-hydrogen) atoms. The van der Waals surface area contributed by atoms with E-state index in [-0.39, 0.29) is 0 Å². The van der Waals surface area contributed by atoms with Crippen molar-refractivity contribution in [1.82, 2.24) is 10.2 Å². The minimum atomic E-state index is 0.307. The van der Waals surface area contributed by atoms with E-state index in [1.807, 2.05) is 24.3 Å². The van der Waals surface area contributed by atoms with Crippen molar-refractivity contribution in [1.29, 1.82) is 0 Å². The molecular formula is C12H14N2O3S. The van der Waals surface area contributed by atoms with Crippen LogP contribution in [0.15, 0.2) is 28.7 Å². The zero-order chi connectivity index (χ0) is 12.8. The average molecular weight is 266 g/mol. The Labute approximate surface area is 110 Å². The van der Waals surface area contributed by atoms with Gasteiger partial charge in [-0.15, -0.1) is 5.10 Å². The Kier molecular flexibility index (Phi) is 4.35. The Morgan fingerprint density at radius 2 is 2.00 bits per heavy atom. The molecule has 0 aliphatic carbocycles. The number of aromatic nitrogens is 2. The number of hydrogen-bond acceptors (Lipinski definition) is 5. The smallest absolute Gasteiger partial charge is 0.284 e. The van der Waals surface area contributed by atoms with Gasteiger partial charge in [0, 0.05) is 6.42 Å². The van der Waals surface area contributed by atoms with Crippen LogP contribution in [0, 0.1) is 4.84 Å². The van der Waals surface area contributed by atoms with Gasteiger partial charge in [0.1, 0.15) is 11.5 Å².